The predicted octanol–water partition coefficient (Wildman–Crippen LogP) is 3.30. The first-order chi connectivity index (χ1) is 13.4. The van der Waals surface area contributed by atoms with Crippen molar-refractivity contribution in [2.75, 3.05) is 0 Å². The minimum absolute atomic E-state index is 0.131. The largest absolute Gasteiger partial charge is 0.345 e. The Kier molecular flexibility index (Phi) is 5.78. The smallest absolute Gasteiger partial charge is 0.314 e. The number of carbonyl (C=O) groups excluding carboxylic acids is 1. The van der Waals surface area contributed by atoms with Crippen molar-refractivity contribution in [2.24, 2.45) is 5.92 Å². The second-order valence-corrected chi connectivity index (χ2v) is 7.36. The number of nitrogens with one attached hydrogen (secondary N) is 3. The maximum atomic E-state index is 12.8. The third kappa shape index (κ3) is 4.22. The van der Waals surface area contributed by atoms with Gasteiger partial charge < -0.3 is 15.3 Å². The summed E-state index contributed by atoms with van der Waals surface area (Å²) in [6.07, 6.45) is 2.13. The molecule has 3 aromatic rings. The summed E-state index contributed by atoms with van der Waals surface area (Å²) in [5, 5.41) is 3.09. The predicted molar refractivity (Wildman–Crippen MR) is 111 cm³/mol. The van der Waals surface area contributed by atoms with E-state index in [1.807, 2.05) is 0 Å². The Bertz CT molecular complexity index is 1090. The van der Waals surface area contributed by atoms with Gasteiger partial charge >= 0.3 is 11.1 Å². The monoisotopic (exact) mass is 379 g/mol. The van der Waals surface area contributed by atoms with Crippen LogP contribution in [0, 0.1) is 5.92 Å². The molecule has 0 fully saturated rings. The lowest BCUT2D eigenvalue weighted by Crippen LogP contribution is -2.32. The van der Waals surface area contributed by atoms with Crippen molar-refractivity contribution in [1.29, 1.82) is 0 Å². The number of aromatic amines is 2. The zero-order chi connectivity index (χ0) is 20.3. The zero-order valence-electron chi connectivity index (χ0n) is 16.3. The van der Waals surface area contributed by atoms with Crippen molar-refractivity contribution in [1.82, 2.24) is 15.3 Å². The van der Waals surface area contributed by atoms with E-state index in [0.29, 0.717) is 16.6 Å². The van der Waals surface area contributed by atoms with Crippen LogP contribution in [0.15, 0.2) is 52.1 Å². The van der Waals surface area contributed by atoms with E-state index in [1.165, 1.54) is 5.56 Å². The molecule has 0 saturated carbocycles. The Hall–Kier alpha value is -3.15. The molecule has 3 rings (SSSR count). The Labute approximate surface area is 163 Å². The van der Waals surface area contributed by atoms with E-state index in [0.717, 1.165) is 18.4 Å². The van der Waals surface area contributed by atoms with Gasteiger partial charge in [-0.05, 0) is 41.7 Å². The SMILES string of the molecule is CCCc1ccc([C@H](NC(=O)c2ccc3[nH]c(=O)c(=O)[nH]c3c2)C(C)C)cc1. The van der Waals surface area contributed by atoms with Gasteiger partial charge in [0, 0.05) is 5.56 Å². The van der Waals surface area contributed by atoms with E-state index in [9.17, 15) is 14.4 Å². The van der Waals surface area contributed by atoms with E-state index in [2.05, 4.69) is 60.3 Å². The van der Waals surface area contributed by atoms with Crippen LogP contribution in [0.5, 0.6) is 0 Å². The van der Waals surface area contributed by atoms with Crippen LogP contribution < -0.4 is 16.4 Å². The fourth-order valence-electron chi connectivity index (χ4n) is 3.30. The van der Waals surface area contributed by atoms with Crippen molar-refractivity contribution in [3.63, 3.8) is 0 Å². The summed E-state index contributed by atoms with van der Waals surface area (Å²) in [6, 6.07) is 13.0. The molecule has 0 aliphatic heterocycles. The molecule has 0 spiro atoms. The van der Waals surface area contributed by atoms with Gasteiger partial charge in [0.2, 0.25) is 0 Å². The minimum atomic E-state index is -0.739. The Balaban J connectivity index is 1.86. The zero-order valence-corrected chi connectivity index (χ0v) is 16.3. The van der Waals surface area contributed by atoms with Crippen LogP contribution in [0.4, 0.5) is 0 Å². The normalized spacial score (nSPS) is 12.3. The number of aromatic nitrogens is 2. The van der Waals surface area contributed by atoms with Crippen LogP contribution in [-0.4, -0.2) is 15.9 Å². The Morgan fingerprint density at radius 3 is 2.21 bits per heavy atom. The fourth-order valence-corrected chi connectivity index (χ4v) is 3.30. The molecule has 0 unspecified atom stereocenters. The van der Waals surface area contributed by atoms with Crippen molar-refractivity contribution >= 4 is 16.9 Å². The van der Waals surface area contributed by atoms with Gasteiger partial charge in [0.05, 0.1) is 17.1 Å². The van der Waals surface area contributed by atoms with Crippen molar-refractivity contribution in [3.8, 4) is 0 Å². The van der Waals surface area contributed by atoms with Crippen LogP contribution in [0.25, 0.3) is 11.0 Å². The van der Waals surface area contributed by atoms with Crippen LogP contribution >= 0.6 is 0 Å². The molecule has 6 heteroatoms. The standard InChI is InChI=1S/C22H25N3O3/c1-4-5-14-6-8-15(9-7-14)19(13(2)3)25-20(26)16-10-11-17-18(12-16)24-22(28)21(27)23-17/h6-13,19H,4-5H2,1-3H3,(H,23,27)(H,24,28)(H,25,26)/t19-/m1/s1. The molecule has 146 valence electrons. The molecule has 1 aromatic heterocycles. The van der Waals surface area contributed by atoms with E-state index in [4.69, 9.17) is 0 Å². The van der Waals surface area contributed by atoms with Crippen LogP contribution in [-0.2, 0) is 6.42 Å². The highest BCUT2D eigenvalue weighted by molar-refractivity contribution is 5.97. The molecule has 28 heavy (non-hydrogen) atoms. The quantitative estimate of drug-likeness (QED) is 0.574. The number of benzene rings is 2. The average Bonchev–Trinajstić information content (AvgIpc) is 2.67. The molecule has 1 atom stereocenters. The molecular weight excluding hydrogens is 354 g/mol. The van der Waals surface area contributed by atoms with Gasteiger partial charge in [-0.1, -0.05) is 51.5 Å². The van der Waals surface area contributed by atoms with E-state index in [1.54, 1.807) is 18.2 Å². The van der Waals surface area contributed by atoms with Crippen LogP contribution in [0.1, 0.15) is 54.7 Å². The molecule has 3 N–H and O–H groups in total. The lowest BCUT2D eigenvalue weighted by molar-refractivity contribution is 0.0925. The second kappa shape index (κ2) is 8.25. The van der Waals surface area contributed by atoms with Gasteiger partial charge in [-0.15, -0.1) is 0 Å². The van der Waals surface area contributed by atoms with Gasteiger partial charge in [-0.3, -0.25) is 14.4 Å². The molecule has 6 nitrogen and oxygen atoms in total. The molecular formula is C22H25N3O3. The highest BCUT2D eigenvalue weighted by Crippen LogP contribution is 2.23. The Morgan fingerprint density at radius 2 is 1.61 bits per heavy atom. The Morgan fingerprint density at radius 1 is 0.964 bits per heavy atom. The molecule has 1 heterocycles. The highest BCUT2D eigenvalue weighted by Gasteiger charge is 2.19. The molecule has 0 aliphatic carbocycles. The maximum Gasteiger partial charge on any atom is 0.314 e. The average molecular weight is 379 g/mol. The lowest BCUT2D eigenvalue weighted by atomic mass is 9.94. The summed E-state index contributed by atoms with van der Waals surface area (Å²) in [5.41, 5.74) is 2.21. The number of hydrogen-bond donors (Lipinski definition) is 3. The maximum absolute atomic E-state index is 12.8. The number of rotatable bonds is 6. The lowest BCUT2D eigenvalue weighted by Gasteiger charge is -2.23. The number of H-pyrrole nitrogens is 2. The van der Waals surface area contributed by atoms with Crippen molar-refractivity contribution < 1.29 is 4.79 Å². The van der Waals surface area contributed by atoms with Gasteiger partial charge in [-0.2, -0.15) is 0 Å². The molecule has 2 aromatic carbocycles. The molecule has 0 saturated heterocycles. The third-order valence-electron chi connectivity index (χ3n) is 4.82. The van der Waals surface area contributed by atoms with Crippen molar-refractivity contribution in [2.45, 2.75) is 39.7 Å². The summed E-state index contributed by atoms with van der Waals surface area (Å²) < 4.78 is 0. The molecule has 0 aliphatic rings. The first-order valence-electron chi connectivity index (χ1n) is 9.55. The topological polar surface area (TPSA) is 94.8 Å². The molecule has 1 amide bonds. The van der Waals surface area contributed by atoms with Gasteiger partial charge in [0.15, 0.2) is 0 Å². The first kappa shape index (κ1) is 19.6. The molecule has 0 bridgehead atoms. The minimum Gasteiger partial charge on any atom is -0.345 e. The highest BCUT2D eigenvalue weighted by atomic mass is 16.2. The van der Waals surface area contributed by atoms with E-state index in [-0.39, 0.29) is 17.9 Å². The van der Waals surface area contributed by atoms with Gasteiger partial charge in [0.25, 0.3) is 5.91 Å². The van der Waals surface area contributed by atoms with E-state index >= 15 is 0 Å². The molecule has 0 radical (unpaired) electrons. The van der Waals surface area contributed by atoms with E-state index < -0.39 is 11.1 Å². The van der Waals surface area contributed by atoms with Gasteiger partial charge in [-0.25, -0.2) is 0 Å². The second-order valence-electron chi connectivity index (χ2n) is 7.36. The number of hydrogen-bond acceptors (Lipinski definition) is 3. The van der Waals surface area contributed by atoms with Crippen LogP contribution in [0.3, 0.4) is 0 Å². The number of amides is 1. The number of fused-ring (bicyclic) bond motifs is 1. The summed E-state index contributed by atoms with van der Waals surface area (Å²) >= 11 is 0. The summed E-state index contributed by atoms with van der Waals surface area (Å²) in [5.74, 6) is -0.0251. The summed E-state index contributed by atoms with van der Waals surface area (Å²) in [4.78, 5) is 40.8. The fraction of sp³-hybridized carbons (Fsp3) is 0.318. The summed E-state index contributed by atoms with van der Waals surface area (Å²) in [7, 11) is 0. The number of carbonyl (C=O) groups is 1. The number of aryl methyl sites for hydroxylation is 1. The van der Waals surface area contributed by atoms with Gasteiger partial charge in [0.1, 0.15) is 0 Å². The van der Waals surface area contributed by atoms with Crippen LogP contribution in [0.2, 0.25) is 0 Å². The third-order valence-corrected chi connectivity index (χ3v) is 4.82. The first-order valence-corrected chi connectivity index (χ1v) is 9.55. The summed E-state index contributed by atoms with van der Waals surface area (Å²) in [6.45, 7) is 6.28. The van der Waals surface area contributed by atoms with Crippen molar-refractivity contribution in [3.05, 3.63) is 79.9 Å².